The zero-order chi connectivity index (χ0) is 28.6. The normalized spacial score (nSPS) is 17.7. The van der Waals surface area contributed by atoms with E-state index in [0.717, 1.165) is 67.3 Å². The number of benzene rings is 2. The minimum Gasteiger partial charge on any atom is -0.478 e. The van der Waals surface area contributed by atoms with Crippen LogP contribution in [0.2, 0.25) is 5.02 Å². The molecule has 6 rings (SSSR count). The van der Waals surface area contributed by atoms with Gasteiger partial charge in [-0.2, -0.15) is 0 Å². The number of anilines is 1. The molecule has 0 amide bonds. The van der Waals surface area contributed by atoms with Crippen molar-refractivity contribution < 1.29 is 14.6 Å². The van der Waals surface area contributed by atoms with E-state index < -0.39 is 5.97 Å². The molecule has 1 aliphatic heterocycles. The smallest absolute Gasteiger partial charge is 0.339 e. The van der Waals surface area contributed by atoms with Crippen molar-refractivity contribution in [2.45, 2.75) is 33.1 Å². The van der Waals surface area contributed by atoms with Crippen LogP contribution in [0, 0.1) is 5.41 Å². The van der Waals surface area contributed by atoms with Gasteiger partial charge in [-0.05, 0) is 72.2 Å². The average Bonchev–Trinajstić information content (AvgIpc) is 3.42. The summed E-state index contributed by atoms with van der Waals surface area (Å²) in [5.41, 5.74) is 6.44. The summed E-state index contributed by atoms with van der Waals surface area (Å²) in [6.45, 7) is 9.29. The predicted molar refractivity (Wildman–Crippen MR) is 164 cm³/mol. The molecule has 212 valence electrons. The second kappa shape index (κ2) is 11.2. The van der Waals surface area contributed by atoms with Gasteiger partial charge >= 0.3 is 5.97 Å². The molecule has 2 aromatic carbocycles. The van der Waals surface area contributed by atoms with Crippen LogP contribution in [0.4, 0.5) is 5.69 Å². The van der Waals surface area contributed by atoms with E-state index in [0.29, 0.717) is 16.9 Å². The first kappa shape index (κ1) is 27.4. The summed E-state index contributed by atoms with van der Waals surface area (Å²) < 4.78 is 6.07. The van der Waals surface area contributed by atoms with Gasteiger partial charge in [0.2, 0.25) is 0 Å². The van der Waals surface area contributed by atoms with Crippen molar-refractivity contribution in [1.29, 1.82) is 0 Å². The lowest BCUT2D eigenvalue weighted by molar-refractivity contribution is 0.0694. The number of rotatable bonds is 7. The number of nitrogens with one attached hydrogen (secondary N) is 1. The van der Waals surface area contributed by atoms with E-state index >= 15 is 0 Å². The molecule has 7 nitrogen and oxygen atoms in total. The van der Waals surface area contributed by atoms with E-state index in [1.54, 1.807) is 12.3 Å². The minimum atomic E-state index is -1.02. The quantitative estimate of drug-likeness (QED) is 0.239. The van der Waals surface area contributed by atoms with Gasteiger partial charge in [0.1, 0.15) is 22.7 Å². The molecule has 0 saturated carbocycles. The fourth-order valence-electron chi connectivity index (χ4n) is 6.07. The molecule has 2 aliphatic rings. The fraction of sp³-hybridized carbons (Fsp3) is 0.333. The van der Waals surface area contributed by atoms with Crippen LogP contribution in [0.5, 0.6) is 11.5 Å². The topological polar surface area (TPSA) is 81.7 Å². The molecule has 0 unspecified atom stereocenters. The Labute approximate surface area is 245 Å². The van der Waals surface area contributed by atoms with Gasteiger partial charge in [0.15, 0.2) is 0 Å². The van der Waals surface area contributed by atoms with Crippen LogP contribution in [0.15, 0.2) is 72.6 Å². The Balaban J connectivity index is 1.17. The van der Waals surface area contributed by atoms with Crippen LogP contribution in [0.25, 0.3) is 16.6 Å². The molecule has 1 aliphatic carbocycles. The average molecular weight is 571 g/mol. The maximum absolute atomic E-state index is 12.0. The summed E-state index contributed by atoms with van der Waals surface area (Å²) in [5, 5.41) is 11.5. The molecule has 2 aromatic heterocycles. The third kappa shape index (κ3) is 6.11. The number of hydrogen-bond donors (Lipinski definition) is 2. The highest BCUT2D eigenvalue weighted by molar-refractivity contribution is 6.30. The number of aromatic amines is 1. The van der Waals surface area contributed by atoms with Crippen LogP contribution in [0.1, 0.15) is 49.0 Å². The van der Waals surface area contributed by atoms with Crippen molar-refractivity contribution >= 4 is 39.9 Å². The van der Waals surface area contributed by atoms with Crippen LogP contribution in [0.3, 0.4) is 0 Å². The molecule has 1 saturated heterocycles. The third-order valence-corrected chi connectivity index (χ3v) is 8.57. The molecule has 8 heteroatoms. The van der Waals surface area contributed by atoms with Crippen LogP contribution < -0.4 is 9.64 Å². The van der Waals surface area contributed by atoms with Crippen molar-refractivity contribution in [3.63, 3.8) is 0 Å². The van der Waals surface area contributed by atoms with Gasteiger partial charge in [-0.1, -0.05) is 43.2 Å². The number of aromatic nitrogens is 2. The molecular formula is C33H35ClN4O3. The molecule has 0 bridgehead atoms. The first-order valence-corrected chi connectivity index (χ1v) is 14.5. The van der Waals surface area contributed by atoms with Gasteiger partial charge in [-0.25, -0.2) is 9.78 Å². The summed E-state index contributed by atoms with van der Waals surface area (Å²) >= 11 is 6.17. The summed E-state index contributed by atoms with van der Waals surface area (Å²) in [7, 11) is 0. The Bertz CT molecular complexity index is 1600. The number of hydrogen-bond acceptors (Lipinski definition) is 5. The highest BCUT2D eigenvalue weighted by Gasteiger charge is 2.29. The zero-order valence-corrected chi connectivity index (χ0v) is 24.2. The Morgan fingerprint density at radius 3 is 2.61 bits per heavy atom. The first-order chi connectivity index (χ1) is 19.7. The Morgan fingerprint density at radius 1 is 1.07 bits per heavy atom. The lowest BCUT2D eigenvalue weighted by Crippen LogP contribution is -2.47. The lowest BCUT2D eigenvalue weighted by Gasteiger charge is -2.39. The second-order valence-corrected chi connectivity index (χ2v) is 12.3. The molecule has 1 fully saturated rings. The van der Waals surface area contributed by atoms with Crippen molar-refractivity contribution in [2.24, 2.45) is 5.41 Å². The van der Waals surface area contributed by atoms with E-state index in [1.807, 2.05) is 42.6 Å². The van der Waals surface area contributed by atoms with Crippen LogP contribution in [-0.2, 0) is 0 Å². The number of allylic oxidation sites excluding steroid dienone is 1. The summed E-state index contributed by atoms with van der Waals surface area (Å²) in [5.74, 6) is -0.203. The molecule has 2 N–H and O–H groups in total. The van der Waals surface area contributed by atoms with Crippen molar-refractivity contribution in [2.75, 3.05) is 37.6 Å². The number of carboxylic acid groups (broad SMARTS) is 1. The number of fused-ring (bicyclic) bond motifs is 1. The van der Waals surface area contributed by atoms with Gasteiger partial charge in [-0.3, -0.25) is 4.90 Å². The van der Waals surface area contributed by atoms with Crippen LogP contribution >= 0.6 is 11.6 Å². The van der Waals surface area contributed by atoms with Gasteiger partial charge in [0.25, 0.3) is 0 Å². The number of aromatic carboxylic acids is 1. The number of pyridine rings is 1. The third-order valence-electron chi connectivity index (χ3n) is 8.31. The maximum Gasteiger partial charge on any atom is 0.339 e. The van der Waals surface area contributed by atoms with E-state index in [-0.39, 0.29) is 5.56 Å². The molecule has 0 atom stereocenters. The number of carbonyl (C=O) groups is 1. The summed E-state index contributed by atoms with van der Waals surface area (Å²) in [6.07, 6.45) is 6.80. The Kier molecular flexibility index (Phi) is 7.49. The molecule has 4 aromatic rings. The maximum atomic E-state index is 12.0. The highest BCUT2D eigenvalue weighted by atomic mass is 35.5. The SMILES string of the molecule is CC1(C)CCC(c2ccc(Cl)cc2)=C(CN2CCN(c3ccc(C(=O)O)c(Oc4cnc5[nH]ccc5c4)c3)CC2)C1. The second-order valence-electron chi connectivity index (χ2n) is 11.9. The number of ether oxygens (including phenoxy) is 1. The Morgan fingerprint density at radius 2 is 1.85 bits per heavy atom. The summed E-state index contributed by atoms with van der Waals surface area (Å²) in [6, 6.07) is 17.4. The molecule has 0 spiro atoms. The van der Waals surface area contributed by atoms with Gasteiger partial charge in [0, 0.05) is 61.1 Å². The highest BCUT2D eigenvalue weighted by Crippen LogP contribution is 2.43. The van der Waals surface area contributed by atoms with E-state index in [4.69, 9.17) is 16.3 Å². The van der Waals surface area contributed by atoms with Gasteiger partial charge in [0.05, 0.1) is 6.20 Å². The fourth-order valence-corrected chi connectivity index (χ4v) is 6.20. The number of piperazine rings is 1. The first-order valence-electron chi connectivity index (χ1n) is 14.2. The molecular weight excluding hydrogens is 536 g/mol. The monoisotopic (exact) mass is 570 g/mol. The number of halogens is 1. The predicted octanol–water partition coefficient (Wildman–Crippen LogP) is 7.49. The number of carboxylic acids is 1. The van der Waals surface area contributed by atoms with Crippen molar-refractivity contribution in [3.05, 3.63) is 88.7 Å². The summed E-state index contributed by atoms with van der Waals surface area (Å²) in [4.78, 5) is 24.2. The van der Waals surface area contributed by atoms with Crippen LogP contribution in [-0.4, -0.2) is 58.7 Å². The van der Waals surface area contributed by atoms with Crippen molar-refractivity contribution in [3.8, 4) is 11.5 Å². The van der Waals surface area contributed by atoms with Gasteiger partial charge in [-0.15, -0.1) is 0 Å². The minimum absolute atomic E-state index is 0.128. The van der Waals surface area contributed by atoms with Crippen molar-refractivity contribution in [1.82, 2.24) is 14.9 Å². The zero-order valence-electron chi connectivity index (χ0n) is 23.5. The molecule has 0 radical (unpaired) electrons. The van der Waals surface area contributed by atoms with Gasteiger partial charge < -0.3 is 19.7 Å². The molecule has 41 heavy (non-hydrogen) atoms. The molecule has 3 heterocycles. The van der Waals surface area contributed by atoms with E-state index in [9.17, 15) is 9.90 Å². The largest absolute Gasteiger partial charge is 0.478 e. The number of nitrogens with zero attached hydrogens (tertiary/aromatic N) is 3. The van der Waals surface area contributed by atoms with E-state index in [1.165, 1.54) is 23.1 Å². The number of H-pyrrole nitrogens is 1. The Hall–Kier alpha value is -3.81. The standard InChI is InChI=1S/C33H35ClN4O3/c1-33(2)11-9-28(22-3-5-25(34)6-4-22)24(19-33)21-37-13-15-38(16-14-37)26-7-8-29(32(39)40)30(18-26)41-27-17-23-10-12-35-31(23)36-20-27/h3-8,10,12,17-18,20H,9,11,13-16,19,21H2,1-2H3,(H,35,36)(H,39,40). The van der Waals surface area contributed by atoms with E-state index in [2.05, 4.69) is 45.7 Å². The lowest BCUT2D eigenvalue weighted by atomic mass is 9.73.